The fourth-order valence-corrected chi connectivity index (χ4v) is 1.78. The first kappa shape index (κ1) is 11.3. The molecule has 0 fully saturated rings. The molecule has 0 unspecified atom stereocenters. The van der Waals surface area contributed by atoms with Crippen molar-refractivity contribution in [2.45, 2.75) is 0 Å². The lowest BCUT2D eigenvalue weighted by molar-refractivity contribution is 0.411. The highest BCUT2D eigenvalue weighted by Gasteiger charge is 2.04. The molecule has 2 aromatic rings. The molecule has 0 heterocycles. The molecule has 0 aromatic heterocycles. The van der Waals surface area contributed by atoms with Gasteiger partial charge in [0.1, 0.15) is 5.75 Å². The lowest BCUT2D eigenvalue weighted by Crippen LogP contribution is -1.84. The smallest absolute Gasteiger partial charge is 0.169 e. The molecule has 0 aliphatic carbocycles. The van der Waals surface area contributed by atoms with Crippen LogP contribution < -0.4 is 4.74 Å². The van der Waals surface area contributed by atoms with Gasteiger partial charge in [0.2, 0.25) is 0 Å². The van der Waals surface area contributed by atoms with E-state index in [1.807, 2.05) is 18.2 Å². The first-order chi connectivity index (χ1) is 7.65. The molecule has 2 nitrogen and oxygen atoms in total. The topological polar surface area (TPSA) is 29.5 Å². The van der Waals surface area contributed by atoms with Crippen molar-refractivity contribution in [3.05, 3.63) is 52.0 Å². The predicted molar refractivity (Wildman–Crippen MR) is 67.3 cm³/mol. The van der Waals surface area contributed by atoms with Gasteiger partial charge in [-0.25, -0.2) is 0 Å². The Balaban J connectivity index is 2.27. The van der Waals surface area contributed by atoms with Crippen LogP contribution in [0.5, 0.6) is 17.2 Å². The third-order valence-electron chi connectivity index (χ3n) is 1.94. The van der Waals surface area contributed by atoms with Crippen molar-refractivity contribution in [3.8, 4) is 17.2 Å². The fraction of sp³-hybridized carbons (Fsp3) is 0. The minimum atomic E-state index is 0.0208. The fourth-order valence-electron chi connectivity index (χ4n) is 1.23. The largest absolute Gasteiger partial charge is 0.504 e. The van der Waals surface area contributed by atoms with E-state index in [1.165, 1.54) is 6.07 Å². The number of hydrogen-bond donors (Lipinski definition) is 1. The number of phenolic OH excluding ortho intramolecular Hbond substituents is 1. The number of phenols is 1. The predicted octanol–water partition coefficient (Wildman–Crippen LogP) is 4.60. The second-order valence-corrected chi connectivity index (χ2v) is 4.52. The molecule has 2 aromatic carbocycles. The summed E-state index contributed by atoms with van der Waals surface area (Å²) in [5, 5.41) is 10.1. The number of hydrogen-bond acceptors (Lipinski definition) is 2. The third-order valence-corrected chi connectivity index (χ3v) is 2.67. The molecule has 16 heavy (non-hydrogen) atoms. The maximum Gasteiger partial charge on any atom is 0.169 e. The van der Waals surface area contributed by atoms with Crippen molar-refractivity contribution in [1.82, 2.24) is 0 Å². The molecule has 0 amide bonds. The van der Waals surface area contributed by atoms with Crippen LogP contribution in [0.2, 0.25) is 5.02 Å². The van der Waals surface area contributed by atoms with Crippen LogP contribution in [0.15, 0.2) is 46.9 Å². The summed E-state index contributed by atoms with van der Waals surface area (Å²) in [6, 6.07) is 12.1. The average Bonchev–Trinajstić information content (AvgIpc) is 2.22. The van der Waals surface area contributed by atoms with Gasteiger partial charge >= 0.3 is 0 Å². The van der Waals surface area contributed by atoms with Gasteiger partial charge in [-0.2, -0.15) is 0 Å². The maximum atomic E-state index is 9.60. The van der Waals surface area contributed by atoms with E-state index < -0.39 is 0 Å². The summed E-state index contributed by atoms with van der Waals surface area (Å²) in [7, 11) is 0. The van der Waals surface area contributed by atoms with E-state index in [2.05, 4.69) is 15.9 Å². The quantitative estimate of drug-likeness (QED) is 0.878. The number of rotatable bonds is 2. The SMILES string of the molecule is Oc1cc(Cl)ccc1Oc1cccc(Br)c1. The van der Waals surface area contributed by atoms with E-state index in [1.54, 1.807) is 18.2 Å². The second-order valence-electron chi connectivity index (χ2n) is 3.17. The van der Waals surface area contributed by atoms with Gasteiger partial charge < -0.3 is 9.84 Å². The molecule has 0 spiro atoms. The summed E-state index contributed by atoms with van der Waals surface area (Å²) >= 11 is 9.06. The van der Waals surface area contributed by atoms with Gasteiger partial charge in [-0.15, -0.1) is 0 Å². The van der Waals surface area contributed by atoms with Gasteiger partial charge in [0, 0.05) is 15.6 Å². The molecule has 0 radical (unpaired) electrons. The molecule has 0 atom stereocenters. The first-order valence-electron chi connectivity index (χ1n) is 4.57. The van der Waals surface area contributed by atoms with Crippen LogP contribution in [-0.4, -0.2) is 5.11 Å². The van der Waals surface area contributed by atoms with Gasteiger partial charge in [0.25, 0.3) is 0 Å². The summed E-state index contributed by atoms with van der Waals surface area (Å²) in [5.74, 6) is 1.04. The maximum absolute atomic E-state index is 9.60. The Morgan fingerprint density at radius 2 is 1.94 bits per heavy atom. The molecule has 1 N–H and O–H groups in total. The molecule has 0 bridgehead atoms. The highest BCUT2D eigenvalue weighted by molar-refractivity contribution is 9.10. The van der Waals surface area contributed by atoms with Crippen molar-refractivity contribution < 1.29 is 9.84 Å². The van der Waals surface area contributed by atoms with Gasteiger partial charge in [0.15, 0.2) is 11.5 Å². The minimum absolute atomic E-state index is 0.0208. The average molecular weight is 300 g/mol. The highest BCUT2D eigenvalue weighted by atomic mass is 79.9. The Bertz CT molecular complexity index is 514. The number of ether oxygens (including phenoxy) is 1. The van der Waals surface area contributed by atoms with E-state index in [4.69, 9.17) is 16.3 Å². The lowest BCUT2D eigenvalue weighted by atomic mass is 10.3. The van der Waals surface area contributed by atoms with Crippen LogP contribution in [0.1, 0.15) is 0 Å². The molecule has 0 aliphatic heterocycles. The van der Waals surface area contributed by atoms with E-state index >= 15 is 0 Å². The number of benzene rings is 2. The minimum Gasteiger partial charge on any atom is -0.504 e. The van der Waals surface area contributed by atoms with Crippen LogP contribution in [0.4, 0.5) is 0 Å². The molecule has 2 rings (SSSR count). The zero-order valence-electron chi connectivity index (χ0n) is 8.15. The van der Waals surface area contributed by atoms with Gasteiger partial charge in [0.05, 0.1) is 0 Å². The van der Waals surface area contributed by atoms with Gasteiger partial charge in [-0.05, 0) is 30.3 Å². The summed E-state index contributed by atoms with van der Waals surface area (Å²) in [4.78, 5) is 0. The second kappa shape index (κ2) is 4.76. The molecule has 0 saturated carbocycles. The lowest BCUT2D eigenvalue weighted by Gasteiger charge is -2.07. The summed E-state index contributed by atoms with van der Waals surface area (Å²) in [6.45, 7) is 0. The zero-order chi connectivity index (χ0) is 11.5. The van der Waals surface area contributed by atoms with E-state index in [9.17, 15) is 5.11 Å². The Labute approximate surface area is 107 Å². The molecule has 4 heteroatoms. The van der Waals surface area contributed by atoms with E-state index in [0.717, 1.165) is 4.47 Å². The molecule has 0 aliphatic rings. The van der Waals surface area contributed by atoms with Gasteiger partial charge in [-0.1, -0.05) is 33.6 Å². The monoisotopic (exact) mass is 298 g/mol. The van der Waals surface area contributed by atoms with Crippen LogP contribution in [-0.2, 0) is 0 Å². The Morgan fingerprint density at radius 1 is 1.12 bits per heavy atom. The Kier molecular flexibility index (Phi) is 3.36. The zero-order valence-corrected chi connectivity index (χ0v) is 10.5. The van der Waals surface area contributed by atoms with Crippen LogP contribution in [0.3, 0.4) is 0 Å². The van der Waals surface area contributed by atoms with Gasteiger partial charge in [-0.3, -0.25) is 0 Å². The van der Waals surface area contributed by atoms with Crippen molar-refractivity contribution in [1.29, 1.82) is 0 Å². The van der Waals surface area contributed by atoms with Crippen LogP contribution in [0, 0.1) is 0 Å². The van der Waals surface area contributed by atoms with Crippen molar-refractivity contribution in [2.24, 2.45) is 0 Å². The Hall–Kier alpha value is -1.19. The van der Waals surface area contributed by atoms with Crippen molar-refractivity contribution in [3.63, 3.8) is 0 Å². The number of aromatic hydroxyl groups is 1. The first-order valence-corrected chi connectivity index (χ1v) is 5.74. The van der Waals surface area contributed by atoms with Crippen LogP contribution >= 0.6 is 27.5 Å². The summed E-state index contributed by atoms with van der Waals surface area (Å²) < 4.78 is 6.42. The van der Waals surface area contributed by atoms with E-state index in [-0.39, 0.29) is 5.75 Å². The number of halogens is 2. The van der Waals surface area contributed by atoms with E-state index in [0.29, 0.717) is 16.5 Å². The molecular formula is C12H8BrClO2. The van der Waals surface area contributed by atoms with Crippen molar-refractivity contribution >= 4 is 27.5 Å². The molecular weight excluding hydrogens is 291 g/mol. The summed E-state index contributed by atoms with van der Waals surface area (Å²) in [6.07, 6.45) is 0. The molecule has 82 valence electrons. The Morgan fingerprint density at radius 3 is 2.62 bits per heavy atom. The standard InChI is InChI=1S/C12H8BrClO2/c13-8-2-1-3-10(6-8)16-12-5-4-9(14)7-11(12)15/h1-7,15H. The van der Waals surface area contributed by atoms with Crippen LogP contribution in [0.25, 0.3) is 0 Å². The normalized spacial score (nSPS) is 10.1. The molecule has 0 saturated heterocycles. The van der Waals surface area contributed by atoms with Crippen molar-refractivity contribution in [2.75, 3.05) is 0 Å². The third kappa shape index (κ3) is 2.68. The summed E-state index contributed by atoms with van der Waals surface area (Å²) in [5.41, 5.74) is 0. The highest BCUT2D eigenvalue weighted by Crippen LogP contribution is 2.33.